The molecule has 1 atom stereocenters. The van der Waals surface area contributed by atoms with Crippen LogP contribution in [0, 0.1) is 6.92 Å². The quantitative estimate of drug-likeness (QED) is 0.600. The van der Waals surface area contributed by atoms with Gasteiger partial charge in [-0.1, -0.05) is 42.5 Å². The van der Waals surface area contributed by atoms with Gasteiger partial charge in [0.15, 0.2) is 0 Å². The highest BCUT2D eigenvalue weighted by Gasteiger charge is 2.26. The number of carbonyl (C=O) groups is 1. The van der Waals surface area contributed by atoms with Gasteiger partial charge in [-0.15, -0.1) is 0 Å². The van der Waals surface area contributed by atoms with Crippen molar-refractivity contribution >= 4 is 16.9 Å². The SMILES string of the molecule is Cc1nc2ccccc2n1CCC(=O)N1CCCC(N(C)CCc2ccccc2)C1. The van der Waals surface area contributed by atoms with Gasteiger partial charge in [0.2, 0.25) is 5.91 Å². The van der Waals surface area contributed by atoms with Gasteiger partial charge in [0.05, 0.1) is 11.0 Å². The Hall–Kier alpha value is -2.66. The second-order valence-corrected chi connectivity index (χ2v) is 8.40. The Labute approximate surface area is 179 Å². The molecule has 1 aromatic heterocycles. The van der Waals surface area contributed by atoms with E-state index in [0.29, 0.717) is 19.0 Å². The van der Waals surface area contributed by atoms with E-state index in [1.54, 1.807) is 0 Å². The summed E-state index contributed by atoms with van der Waals surface area (Å²) in [5, 5.41) is 0. The first-order valence-electron chi connectivity index (χ1n) is 11.1. The summed E-state index contributed by atoms with van der Waals surface area (Å²) in [7, 11) is 2.20. The van der Waals surface area contributed by atoms with Gasteiger partial charge in [-0.25, -0.2) is 4.98 Å². The summed E-state index contributed by atoms with van der Waals surface area (Å²) in [5.74, 6) is 1.23. The van der Waals surface area contributed by atoms with E-state index in [1.807, 2.05) is 25.1 Å². The van der Waals surface area contributed by atoms with Crippen molar-refractivity contribution < 1.29 is 4.79 Å². The van der Waals surface area contributed by atoms with Crippen molar-refractivity contribution in [3.05, 3.63) is 66.0 Å². The van der Waals surface area contributed by atoms with Crippen LogP contribution in [0.25, 0.3) is 11.0 Å². The van der Waals surface area contributed by atoms with Gasteiger partial charge in [0.25, 0.3) is 0 Å². The van der Waals surface area contributed by atoms with Crippen molar-refractivity contribution in [2.24, 2.45) is 0 Å². The van der Waals surface area contributed by atoms with Crippen LogP contribution in [0.4, 0.5) is 0 Å². The molecule has 0 saturated carbocycles. The molecule has 0 spiro atoms. The predicted octanol–water partition coefficient (Wildman–Crippen LogP) is 3.90. The van der Waals surface area contributed by atoms with E-state index in [4.69, 9.17) is 0 Å². The molecule has 1 amide bonds. The number of fused-ring (bicyclic) bond motifs is 1. The van der Waals surface area contributed by atoms with Crippen LogP contribution in [0.15, 0.2) is 54.6 Å². The number of aromatic nitrogens is 2. The highest BCUT2D eigenvalue weighted by atomic mass is 16.2. The Morgan fingerprint density at radius 3 is 2.73 bits per heavy atom. The van der Waals surface area contributed by atoms with Gasteiger partial charge >= 0.3 is 0 Å². The summed E-state index contributed by atoms with van der Waals surface area (Å²) in [6.07, 6.45) is 3.83. The Morgan fingerprint density at radius 1 is 1.13 bits per heavy atom. The second-order valence-electron chi connectivity index (χ2n) is 8.40. The molecule has 1 aliphatic heterocycles. The van der Waals surface area contributed by atoms with E-state index in [1.165, 1.54) is 12.0 Å². The Bertz CT molecular complexity index is 981. The first-order chi connectivity index (χ1) is 14.6. The number of likely N-dealkylation sites (tertiary alicyclic amines) is 1. The maximum atomic E-state index is 13.0. The number of carbonyl (C=O) groups excluding carboxylic acids is 1. The summed E-state index contributed by atoms with van der Waals surface area (Å²) < 4.78 is 2.17. The van der Waals surface area contributed by atoms with Crippen molar-refractivity contribution in [3.63, 3.8) is 0 Å². The van der Waals surface area contributed by atoms with Gasteiger partial charge in [-0.2, -0.15) is 0 Å². The third-order valence-corrected chi connectivity index (χ3v) is 6.36. The topological polar surface area (TPSA) is 41.4 Å². The standard InChI is InChI=1S/C25H32N4O/c1-20-26-23-12-6-7-13-24(23)29(20)18-15-25(30)28-16-8-11-22(19-28)27(2)17-14-21-9-4-3-5-10-21/h3-7,9-10,12-13,22H,8,11,14-19H2,1-2H3. The number of piperidine rings is 1. The fourth-order valence-corrected chi connectivity index (χ4v) is 4.52. The molecule has 30 heavy (non-hydrogen) atoms. The molecule has 0 bridgehead atoms. The molecule has 4 rings (SSSR count). The lowest BCUT2D eigenvalue weighted by Gasteiger charge is -2.38. The third-order valence-electron chi connectivity index (χ3n) is 6.36. The van der Waals surface area contributed by atoms with Crippen LogP contribution in [-0.2, 0) is 17.8 Å². The zero-order chi connectivity index (χ0) is 20.9. The molecule has 2 aromatic carbocycles. The number of hydrogen-bond acceptors (Lipinski definition) is 3. The number of aryl methyl sites for hydroxylation is 2. The molecule has 5 heteroatoms. The molecular weight excluding hydrogens is 372 g/mol. The molecule has 0 aliphatic carbocycles. The molecule has 1 unspecified atom stereocenters. The molecule has 1 fully saturated rings. The molecule has 0 radical (unpaired) electrons. The average Bonchev–Trinajstić information content (AvgIpc) is 3.11. The molecule has 158 valence electrons. The summed E-state index contributed by atoms with van der Waals surface area (Å²) >= 11 is 0. The maximum absolute atomic E-state index is 13.0. The fourth-order valence-electron chi connectivity index (χ4n) is 4.52. The third kappa shape index (κ3) is 4.73. The van der Waals surface area contributed by atoms with Gasteiger partial charge in [-0.05, 0) is 50.9 Å². The van der Waals surface area contributed by atoms with Crippen molar-refractivity contribution in [2.45, 2.75) is 45.2 Å². The summed E-state index contributed by atoms with van der Waals surface area (Å²) in [4.78, 5) is 22.1. The number of nitrogens with zero attached hydrogens (tertiary/aromatic N) is 4. The van der Waals surface area contributed by atoms with Crippen molar-refractivity contribution in [2.75, 3.05) is 26.7 Å². The van der Waals surface area contributed by atoms with Crippen LogP contribution in [0.3, 0.4) is 0 Å². The normalized spacial score (nSPS) is 17.0. The lowest BCUT2D eigenvalue weighted by Crippen LogP contribution is -2.49. The van der Waals surface area contributed by atoms with E-state index >= 15 is 0 Å². The van der Waals surface area contributed by atoms with Gasteiger partial charge in [-0.3, -0.25) is 4.79 Å². The smallest absolute Gasteiger partial charge is 0.224 e. The number of hydrogen-bond donors (Lipinski definition) is 0. The molecule has 2 heterocycles. The molecular formula is C25H32N4O. The largest absolute Gasteiger partial charge is 0.341 e. The fraction of sp³-hybridized carbons (Fsp3) is 0.440. The van der Waals surface area contributed by atoms with Gasteiger partial charge < -0.3 is 14.4 Å². The second kappa shape index (κ2) is 9.43. The minimum absolute atomic E-state index is 0.258. The highest BCUT2D eigenvalue weighted by Crippen LogP contribution is 2.19. The minimum atomic E-state index is 0.258. The van der Waals surface area contributed by atoms with Crippen LogP contribution in [0.1, 0.15) is 30.7 Å². The first kappa shape index (κ1) is 20.6. The maximum Gasteiger partial charge on any atom is 0.224 e. The van der Waals surface area contributed by atoms with Crippen LogP contribution < -0.4 is 0 Å². The lowest BCUT2D eigenvalue weighted by molar-refractivity contribution is -0.133. The van der Waals surface area contributed by atoms with Gasteiger partial charge in [0, 0.05) is 38.6 Å². The lowest BCUT2D eigenvalue weighted by atomic mass is 10.0. The molecule has 1 aliphatic rings. The summed E-state index contributed by atoms with van der Waals surface area (Å²) in [6.45, 7) is 5.45. The van der Waals surface area contributed by atoms with Crippen molar-refractivity contribution in [1.82, 2.24) is 19.4 Å². The van der Waals surface area contributed by atoms with Crippen molar-refractivity contribution in [1.29, 1.82) is 0 Å². The van der Waals surface area contributed by atoms with Crippen molar-refractivity contribution in [3.8, 4) is 0 Å². The van der Waals surface area contributed by atoms with Crippen LogP contribution in [0.5, 0.6) is 0 Å². The highest BCUT2D eigenvalue weighted by molar-refractivity contribution is 5.78. The predicted molar refractivity (Wildman–Crippen MR) is 121 cm³/mol. The van der Waals surface area contributed by atoms with Crippen LogP contribution in [0.2, 0.25) is 0 Å². The van der Waals surface area contributed by atoms with Gasteiger partial charge in [0.1, 0.15) is 5.82 Å². The zero-order valence-electron chi connectivity index (χ0n) is 18.1. The van der Waals surface area contributed by atoms with E-state index in [0.717, 1.165) is 49.3 Å². The average molecular weight is 405 g/mol. The molecule has 0 N–H and O–H groups in total. The monoisotopic (exact) mass is 404 g/mol. The van der Waals surface area contributed by atoms with E-state index in [9.17, 15) is 4.79 Å². The van der Waals surface area contributed by atoms with Crippen LogP contribution in [-0.4, -0.2) is 58.0 Å². The van der Waals surface area contributed by atoms with E-state index in [-0.39, 0.29) is 5.91 Å². The summed E-state index contributed by atoms with van der Waals surface area (Å²) in [6, 6.07) is 19.2. The van der Waals surface area contributed by atoms with E-state index in [2.05, 4.69) is 62.8 Å². The number of imidazole rings is 1. The zero-order valence-corrected chi connectivity index (χ0v) is 18.1. The first-order valence-corrected chi connectivity index (χ1v) is 11.1. The Balaban J connectivity index is 1.31. The minimum Gasteiger partial charge on any atom is -0.341 e. The molecule has 1 saturated heterocycles. The number of likely N-dealkylation sites (N-methyl/N-ethyl adjacent to an activating group) is 1. The molecule has 3 aromatic rings. The number of para-hydroxylation sites is 2. The van der Waals surface area contributed by atoms with Crippen LogP contribution >= 0.6 is 0 Å². The number of rotatable bonds is 7. The van der Waals surface area contributed by atoms with E-state index < -0.39 is 0 Å². The molecule has 5 nitrogen and oxygen atoms in total. The Kier molecular flexibility index (Phi) is 6.48. The number of benzene rings is 2. The summed E-state index contributed by atoms with van der Waals surface area (Å²) in [5.41, 5.74) is 3.48. The number of amides is 1. The Morgan fingerprint density at radius 2 is 1.90 bits per heavy atom.